The lowest BCUT2D eigenvalue weighted by molar-refractivity contribution is -0.384. The molecule has 0 amide bonds. The number of allylic oxidation sites excluding steroid dienone is 4. The number of hydrogen-bond donors (Lipinski definition) is 0. The van der Waals surface area contributed by atoms with Crippen molar-refractivity contribution in [1.29, 1.82) is 0 Å². The Morgan fingerprint density at radius 1 is 0.844 bits per heavy atom. The molecule has 1 aliphatic heterocycles. The Balaban J connectivity index is 1.44. The first-order valence-corrected chi connectivity index (χ1v) is 16.2. The van der Waals surface area contributed by atoms with E-state index in [9.17, 15) is 19.7 Å². The molecule has 0 spiro atoms. The molecule has 1 heterocycles. The van der Waals surface area contributed by atoms with E-state index >= 15 is 0 Å². The van der Waals surface area contributed by atoms with Crippen LogP contribution < -0.4 is 9.47 Å². The Morgan fingerprint density at radius 3 is 2.04 bits per heavy atom. The highest BCUT2D eigenvalue weighted by atomic mass is 16.6. The molecule has 0 saturated heterocycles. The summed E-state index contributed by atoms with van der Waals surface area (Å²) >= 11 is 0. The van der Waals surface area contributed by atoms with Gasteiger partial charge < -0.3 is 14.4 Å². The summed E-state index contributed by atoms with van der Waals surface area (Å²) in [7, 11) is 1.57. The van der Waals surface area contributed by atoms with Gasteiger partial charge in [-0.1, -0.05) is 65.2 Å². The number of benzene rings is 2. The van der Waals surface area contributed by atoms with Gasteiger partial charge >= 0.3 is 0 Å². The number of carbonyl (C=O) groups excluding carboxylic acids is 2. The molecule has 6 rings (SSSR count). The van der Waals surface area contributed by atoms with Gasteiger partial charge in [-0.15, -0.1) is 0 Å². The SMILES string of the molecule is COc1cc(C2C3=C(CC(C)(C)CC3=O)N(C3CCCCC3)C3=C2C(=O)CC(C)(C)C3)ccc1OCc1cccc([N+](=O)[O-])c1. The molecule has 238 valence electrons. The average Bonchev–Trinajstić information content (AvgIpc) is 2.98. The highest BCUT2D eigenvalue weighted by Gasteiger charge is 2.50. The molecule has 0 bridgehead atoms. The van der Waals surface area contributed by atoms with Crippen LogP contribution in [0.1, 0.15) is 103 Å². The maximum absolute atomic E-state index is 14.2. The van der Waals surface area contributed by atoms with Crippen molar-refractivity contribution in [2.45, 2.75) is 104 Å². The standard InChI is InChI=1S/C37H44N2O6/c1-36(2)18-27-34(29(40)20-36)33(35-28(19-37(3,4)21-30(35)41)38(27)25-11-7-6-8-12-25)24-14-15-31(32(17-24)44-5)45-22-23-10-9-13-26(16-23)39(42)43/h9-10,13-17,25,33H,6-8,11-12,18-22H2,1-5H3. The second-order valence-electron chi connectivity index (χ2n) is 14.8. The van der Waals surface area contributed by atoms with Crippen LogP contribution in [0.15, 0.2) is 65.0 Å². The second-order valence-corrected chi connectivity index (χ2v) is 14.8. The first-order chi connectivity index (χ1) is 21.4. The summed E-state index contributed by atoms with van der Waals surface area (Å²) in [6, 6.07) is 12.3. The maximum Gasteiger partial charge on any atom is 0.269 e. The minimum atomic E-state index is -0.457. The lowest BCUT2D eigenvalue weighted by Crippen LogP contribution is -2.48. The molecule has 0 radical (unpaired) electrons. The molecule has 3 aliphatic carbocycles. The minimum absolute atomic E-state index is 0.00629. The molecular weight excluding hydrogens is 568 g/mol. The van der Waals surface area contributed by atoms with Gasteiger partial charge in [0.25, 0.3) is 5.69 Å². The molecule has 8 heteroatoms. The fourth-order valence-corrected chi connectivity index (χ4v) is 8.01. The number of nitrogens with zero attached hydrogens (tertiary/aromatic N) is 2. The molecule has 4 aliphatic rings. The Labute approximate surface area is 265 Å². The lowest BCUT2D eigenvalue weighted by Gasteiger charge is -2.52. The first-order valence-electron chi connectivity index (χ1n) is 16.2. The molecular formula is C37H44N2O6. The van der Waals surface area contributed by atoms with Crippen LogP contribution in [0.25, 0.3) is 0 Å². The maximum atomic E-state index is 14.2. The fraction of sp³-hybridized carbons (Fsp3) is 0.514. The number of nitro groups is 1. The van der Waals surface area contributed by atoms with Crippen LogP contribution in [-0.2, 0) is 16.2 Å². The van der Waals surface area contributed by atoms with E-state index in [1.807, 2.05) is 18.2 Å². The minimum Gasteiger partial charge on any atom is -0.493 e. The van der Waals surface area contributed by atoms with Crippen molar-refractivity contribution < 1.29 is 24.0 Å². The van der Waals surface area contributed by atoms with Crippen LogP contribution in [0.2, 0.25) is 0 Å². The molecule has 0 N–H and O–H groups in total. The van der Waals surface area contributed by atoms with Gasteiger partial charge in [-0.2, -0.15) is 0 Å². The first kappa shape index (κ1) is 31.1. The van der Waals surface area contributed by atoms with Crippen molar-refractivity contribution in [2.75, 3.05) is 7.11 Å². The Kier molecular flexibility index (Phi) is 8.12. The zero-order valence-electron chi connectivity index (χ0n) is 27.1. The molecule has 0 unspecified atom stereocenters. The van der Waals surface area contributed by atoms with Crippen molar-refractivity contribution in [2.24, 2.45) is 10.8 Å². The summed E-state index contributed by atoms with van der Waals surface area (Å²) in [4.78, 5) is 41.7. The highest BCUT2D eigenvalue weighted by Crippen LogP contribution is 2.56. The molecule has 0 atom stereocenters. The zero-order chi connectivity index (χ0) is 32.1. The van der Waals surface area contributed by atoms with Crippen molar-refractivity contribution in [1.82, 2.24) is 4.90 Å². The lowest BCUT2D eigenvalue weighted by atomic mass is 9.63. The molecule has 8 nitrogen and oxygen atoms in total. The average molecular weight is 613 g/mol. The van der Waals surface area contributed by atoms with E-state index < -0.39 is 10.8 Å². The van der Waals surface area contributed by atoms with E-state index in [0.717, 1.165) is 53.8 Å². The van der Waals surface area contributed by atoms with Gasteiger partial charge in [0.15, 0.2) is 23.1 Å². The number of carbonyl (C=O) groups is 2. The Bertz CT molecular complexity index is 1560. The van der Waals surface area contributed by atoms with E-state index in [-0.39, 0.29) is 34.7 Å². The molecule has 1 fully saturated rings. The van der Waals surface area contributed by atoms with Crippen molar-refractivity contribution in [3.8, 4) is 11.5 Å². The summed E-state index contributed by atoms with van der Waals surface area (Å²) in [5.41, 5.74) is 4.97. The van der Waals surface area contributed by atoms with Gasteiger partial charge in [-0.3, -0.25) is 19.7 Å². The highest BCUT2D eigenvalue weighted by molar-refractivity contribution is 6.06. The topological polar surface area (TPSA) is 99.0 Å². The van der Waals surface area contributed by atoms with E-state index in [1.54, 1.807) is 19.2 Å². The van der Waals surface area contributed by atoms with Crippen LogP contribution in [0, 0.1) is 20.9 Å². The quantitative estimate of drug-likeness (QED) is 0.230. The largest absolute Gasteiger partial charge is 0.493 e. The van der Waals surface area contributed by atoms with E-state index in [1.165, 1.54) is 31.4 Å². The summed E-state index contributed by atoms with van der Waals surface area (Å²) in [6.45, 7) is 8.85. The fourth-order valence-electron chi connectivity index (χ4n) is 8.01. The number of ketones is 2. The molecule has 1 saturated carbocycles. The van der Waals surface area contributed by atoms with E-state index in [2.05, 4.69) is 32.6 Å². The smallest absolute Gasteiger partial charge is 0.269 e. The number of rotatable bonds is 7. The summed E-state index contributed by atoms with van der Waals surface area (Å²) < 4.78 is 11.9. The predicted molar refractivity (Wildman–Crippen MR) is 172 cm³/mol. The normalized spacial score (nSPS) is 21.8. The van der Waals surface area contributed by atoms with Gasteiger partial charge in [0, 0.05) is 59.5 Å². The third-order valence-electron chi connectivity index (χ3n) is 9.93. The van der Waals surface area contributed by atoms with Crippen LogP contribution in [0.4, 0.5) is 5.69 Å². The van der Waals surface area contributed by atoms with Crippen LogP contribution in [-0.4, -0.2) is 34.5 Å². The predicted octanol–water partition coefficient (Wildman–Crippen LogP) is 8.20. The molecule has 2 aromatic rings. The number of methoxy groups -OCH3 is 1. The van der Waals surface area contributed by atoms with Crippen molar-refractivity contribution in [3.05, 3.63) is 86.2 Å². The van der Waals surface area contributed by atoms with Gasteiger partial charge in [0.1, 0.15) is 6.61 Å². The van der Waals surface area contributed by atoms with Gasteiger partial charge in [-0.25, -0.2) is 0 Å². The van der Waals surface area contributed by atoms with E-state index in [4.69, 9.17) is 9.47 Å². The number of nitro benzene ring substituents is 1. The summed E-state index contributed by atoms with van der Waals surface area (Å²) in [5.74, 6) is 0.774. The van der Waals surface area contributed by atoms with Gasteiger partial charge in [0.2, 0.25) is 0 Å². The van der Waals surface area contributed by atoms with E-state index in [0.29, 0.717) is 35.9 Å². The molecule has 0 aromatic heterocycles. The third kappa shape index (κ3) is 6.03. The zero-order valence-corrected chi connectivity index (χ0v) is 27.1. The second kappa shape index (κ2) is 11.8. The summed E-state index contributed by atoms with van der Waals surface area (Å²) in [5, 5.41) is 11.2. The summed E-state index contributed by atoms with van der Waals surface area (Å²) in [6.07, 6.45) is 8.21. The number of hydrogen-bond acceptors (Lipinski definition) is 7. The van der Waals surface area contributed by atoms with Crippen LogP contribution >= 0.6 is 0 Å². The van der Waals surface area contributed by atoms with Gasteiger partial charge in [-0.05, 0) is 59.8 Å². The molecule has 2 aromatic carbocycles. The van der Waals surface area contributed by atoms with Crippen LogP contribution in [0.5, 0.6) is 11.5 Å². The Hall–Kier alpha value is -3.94. The van der Waals surface area contributed by atoms with Crippen LogP contribution in [0.3, 0.4) is 0 Å². The molecule has 45 heavy (non-hydrogen) atoms. The number of ether oxygens (including phenoxy) is 2. The third-order valence-corrected chi connectivity index (χ3v) is 9.93. The number of non-ortho nitro benzene ring substituents is 1. The number of Topliss-reactive ketones (excluding diaryl/α,β-unsaturated/α-hetero) is 2. The van der Waals surface area contributed by atoms with Crippen molar-refractivity contribution >= 4 is 17.3 Å². The monoisotopic (exact) mass is 612 g/mol. The van der Waals surface area contributed by atoms with Crippen molar-refractivity contribution in [3.63, 3.8) is 0 Å². The Morgan fingerprint density at radius 2 is 1.47 bits per heavy atom. The van der Waals surface area contributed by atoms with Gasteiger partial charge in [0.05, 0.1) is 12.0 Å².